The molecular formula is C24H25FN6O3S. The molecule has 2 amide bonds. The molecule has 35 heavy (non-hydrogen) atoms. The van der Waals surface area contributed by atoms with Gasteiger partial charge in [-0.25, -0.2) is 4.39 Å². The summed E-state index contributed by atoms with van der Waals surface area (Å²) in [7, 11) is 1.66. The third-order valence-corrected chi connectivity index (χ3v) is 7.07. The van der Waals surface area contributed by atoms with Crippen LogP contribution in [0.2, 0.25) is 0 Å². The van der Waals surface area contributed by atoms with Crippen molar-refractivity contribution in [2.75, 3.05) is 48.8 Å². The molecule has 1 N–H and O–H groups in total. The number of anilines is 2. The first-order chi connectivity index (χ1) is 17.0. The summed E-state index contributed by atoms with van der Waals surface area (Å²) in [6.45, 7) is 2.70. The predicted octanol–water partition coefficient (Wildman–Crippen LogP) is 2.24. The number of carbonyl (C=O) groups is 2. The highest BCUT2D eigenvalue weighted by atomic mass is 32.2. The van der Waals surface area contributed by atoms with Gasteiger partial charge in [0.15, 0.2) is 5.17 Å². The van der Waals surface area contributed by atoms with Crippen molar-refractivity contribution >= 4 is 40.1 Å². The number of hydrogen-bond donors (Lipinski definition) is 1. The van der Waals surface area contributed by atoms with E-state index in [9.17, 15) is 14.0 Å². The van der Waals surface area contributed by atoms with Crippen molar-refractivity contribution in [3.8, 4) is 5.75 Å². The van der Waals surface area contributed by atoms with Gasteiger partial charge in [-0.2, -0.15) is 5.10 Å². The predicted molar refractivity (Wildman–Crippen MR) is 133 cm³/mol. The van der Waals surface area contributed by atoms with Crippen LogP contribution in [0.1, 0.15) is 0 Å². The summed E-state index contributed by atoms with van der Waals surface area (Å²) in [6.07, 6.45) is 2.65. The number of hydrogen-bond acceptors (Lipinski definition) is 8. The van der Waals surface area contributed by atoms with Crippen molar-refractivity contribution in [3.05, 3.63) is 66.7 Å². The second-order valence-corrected chi connectivity index (χ2v) is 9.09. The van der Waals surface area contributed by atoms with E-state index >= 15 is 0 Å². The number of para-hydroxylation sites is 2. The zero-order chi connectivity index (χ0) is 24.4. The molecule has 11 heteroatoms. The number of thioether (sulfide) groups is 1. The molecule has 182 valence electrons. The summed E-state index contributed by atoms with van der Waals surface area (Å²) in [4.78, 5) is 33.0. The van der Waals surface area contributed by atoms with Crippen molar-refractivity contribution in [2.45, 2.75) is 6.17 Å². The molecule has 5 rings (SSSR count). The SMILES string of the molecule is COc1ccccc1N1CCN(C(=O)CSC2=NNC3C(=O)N(c4ccc(F)cc4)C=CN23)CC1. The van der Waals surface area contributed by atoms with E-state index in [0.717, 1.165) is 24.5 Å². The fourth-order valence-corrected chi connectivity index (χ4v) is 5.11. The molecule has 2 aromatic carbocycles. The third-order valence-electron chi connectivity index (χ3n) is 6.12. The van der Waals surface area contributed by atoms with Crippen LogP contribution in [0, 0.1) is 5.82 Å². The van der Waals surface area contributed by atoms with Gasteiger partial charge in [-0.3, -0.25) is 24.8 Å². The van der Waals surface area contributed by atoms with E-state index in [1.165, 1.54) is 28.8 Å². The standard InChI is InChI=1S/C24H25FN6O3S/c1-34-20-5-3-2-4-19(20)28-10-12-29(13-11-28)21(32)16-35-24-27-26-22-23(33)30(14-15-31(22)24)18-8-6-17(25)7-9-18/h2-9,14-15,22,26H,10-13,16H2,1H3. The molecule has 0 bridgehead atoms. The van der Waals surface area contributed by atoms with Gasteiger partial charge < -0.3 is 14.5 Å². The number of rotatable bonds is 5. The topological polar surface area (TPSA) is 80.7 Å². The van der Waals surface area contributed by atoms with Crippen molar-refractivity contribution in [3.63, 3.8) is 0 Å². The fourth-order valence-electron chi connectivity index (χ4n) is 4.24. The molecule has 3 aliphatic rings. The number of carbonyl (C=O) groups excluding carboxylic acids is 2. The van der Waals surface area contributed by atoms with E-state index in [4.69, 9.17) is 4.74 Å². The number of methoxy groups -OCH3 is 1. The lowest BCUT2D eigenvalue weighted by Gasteiger charge is -2.36. The molecule has 3 heterocycles. The number of piperazine rings is 1. The Kier molecular flexibility index (Phi) is 6.49. The van der Waals surface area contributed by atoms with Gasteiger partial charge in [0.05, 0.1) is 18.6 Å². The van der Waals surface area contributed by atoms with Crippen LogP contribution in [-0.2, 0) is 9.59 Å². The maximum absolute atomic E-state index is 13.2. The highest BCUT2D eigenvalue weighted by molar-refractivity contribution is 8.14. The molecular weight excluding hydrogens is 471 g/mol. The number of fused-ring (bicyclic) bond motifs is 1. The number of benzene rings is 2. The molecule has 0 spiro atoms. The lowest BCUT2D eigenvalue weighted by Crippen LogP contribution is -2.52. The zero-order valence-electron chi connectivity index (χ0n) is 19.1. The maximum Gasteiger partial charge on any atom is 0.276 e. The Labute approximate surface area is 206 Å². The summed E-state index contributed by atoms with van der Waals surface area (Å²) in [5, 5.41) is 4.82. The quantitative estimate of drug-likeness (QED) is 0.680. The fraction of sp³-hybridized carbons (Fsp3) is 0.292. The van der Waals surface area contributed by atoms with Gasteiger partial charge in [0.2, 0.25) is 12.1 Å². The normalized spacial score (nSPS) is 19.4. The number of amides is 2. The summed E-state index contributed by atoms with van der Waals surface area (Å²) in [6, 6.07) is 13.6. The zero-order valence-corrected chi connectivity index (χ0v) is 19.9. The Morgan fingerprint density at radius 3 is 2.60 bits per heavy atom. The second kappa shape index (κ2) is 9.87. The number of nitrogens with zero attached hydrogens (tertiary/aromatic N) is 5. The van der Waals surface area contributed by atoms with Gasteiger partial charge in [0.1, 0.15) is 11.6 Å². The van der Waals surface area contributed by atoms with Crippen molar-refractivity contribution in [1.29, 1.82) is 0 Å². The summed E-state index contributed by atoms with van der Waals surface area (Å²) in [5.74, 6) is 0.475. The molecule has 1 fully saturated rings. The minimum atomic E-state index is -0.702. The minimum absolute atomic E-state index is 0.0288. The van der Waals surface area contributed by atoms with Gasteiger partial charge in [0, 0.05) is 44.3 Å². The lowest BCUT2D eigenvalue weighted by molar-refractivity contribution is -0.128. The average Bonchev–Trinajstić information content (AvgIpc) is 3.32. The van der Waals surface area contributed by atoms with Crippen LogP contribution in [-0.4, -0.2) is 72.0 Å². The molecule has 0 radical (unpaired) electrons. The van der Waals surface area contributed by atoms with Crippen molar-refractivity contribution in [1.82, 2.24) is 15.2 Å². The van der Waals surface area contributed by atoms with Gasteiger partial charge >= 0.3 is 0 Å². The molecule has 1 atom stereocenters. The largest absolute Gasteiger partial charge is 0.495 e. The lowest BCUT2D eigenvalue weighted by atomic mass is 10.2. The Morgan fingerprint density at radius 1 is 1.11 bits per heavy atom. The average molecular weight is 497 g/mol. The summed E-state index contributed by atoms with van der Waals surface area (Å²) >= 11 is 1.29. The van der Waals surface area contributed by atoms with Crippen LogP contribution >= 0.6 is 11.8 Å². The van der Waals surface area contributed by atoms with Gasteiger partial charge in [-0.1, -0.05) is 23.9 Å². The molecule has 0 aromatic heterocycles. The van der Waals surface area contributed by atoms with E-state index in [-0.39, 0.29) is 23.4 Å². The maximum atomic E-state index is 13.2. The molecule has 0 aliphatic carbocycles. The monoisotopic (exact) mass is 496 g/mol. The summed E-state index contributed by atoms with van der Waals surface area (Å²) < 4.78 is 18.7. The van der Waals surface area contributed by atoms with Crippen molar-refractivity contribution in [2.24, 2.45) is 5.10 Å². The number of nitrogens with one attached hydrogen (secondary N) is 1. The van der Waals surface area contributed by atoms with Crippen LogP contribution in [0.5, 0.6) is 5.75 Å². The van der Waals surface area contributed by atoms with Gasteiger partial charge in [0.25, 0.3) is 5.91 Å². The molecule has 1 saturated heterocycles. The Balaban J connectivity index is 1.15. The molecule has 1 unspecified atom stereocenters. The number of halogens is 1. The molecule has 2 aromatic rings. The number of hydrazone groups is 1. The third kappa shape index (κ3) is 4.63. The van der Waals surface area contributed by atoms with Crippen LogP contribution in [0.3, 0.4) is 0 Å². The highest BCUT2D eigenvalue weighted by Gasteiger charge is 2.38. The van der Waals surface area contributed by atoms with E-state index < -0.39 is 6.17 Å². The van der Waals surface area contributed by atoms with Crippen LogP contribution < -0.4 is 20.0 Å². The Bertz CT molecular complexity index is 1170. The number of ether oxygens (including phenoxy) is 1. The van der Waals surface area contributed by atoms with E-state index in [2.05, 4.69) is 15.4 Å². The van der Waals surface area contributed by atoms with E-state index in [1.807, 2.05) is 29.2 Å². The Morgan fingerprint density at radius 2 is 1.86 bits per heavy atom. The number of amidine groups is 1. The highest BCUT2D eigenvalue weighted by Crippen LogP contribution is 2.29. The molecule has 3 aliphatic heterocycles. The minimum Gasteiger partial charge on any atom is -0.495 e. The molecule has 9 nitrogen and oxygen atoms in total. The van der Waals surface area contributed by atoms with Crippen LogP contribution in [0.25, 0.3) is 0 Å². The second-order valence-electron chi connectivity index (χ2n) is 8.14. The first-order valence-corrected chi connectivity index (χ1v) is 12.2. The molecule has 0 saturated carbocycles. The van der Waals surface area contributed by atoms with E-state index in [0.29, 0.717) is 23.9 Å². The smallest absolute Gasteiger partial charge is 0.276 e. The van der Waals surface area contributed by atoms with Gasteiger partial charge in [-0.05, 0) is 36.4 Å². The van der Waals surface area contributed by atoms with Gasteiger partial charge in [-0.15, -0.1) is 0 Å². The van der Waals surface area contributed by atoms with Crippen LogP contribution in [0.15, 0.2) is 66.0 Å². The first-order valence-electron chi connectivity index (χ1n) is 11.2. The first kappa shape index (κ1) is 23.0. The van der Waals surface area contributed by atoms with Crippen LogP contribution in [0.4, 0.5) is 15.8 Å². The van der Waals surface area contributed by atoms with Crippen molar-refractivity contribution < 1.29 is 18.7 Å². The summed E-state index contributed by atoms with van der Waals surface area (Å²) in [5.41, 5.74) is 4.44. The Hall–Kier alpha value is -3.73. The van der Waals surface area contributed by atoms with E-state index in [1.54, 1.807) is 36.5 Å².